The fraction of sp³-hybridized carbons (Fsp3) is 0.356. The highest BCUT2D eigenvalue weighted by atomic mass is 19.1. The maximum absolute atomic E-state index is 14.9. The number of hydrogen-bond donors (Lipinski definition) is 6. The lowest BCUT2D eigenvalue weighted by Crippen LogP contribution is -2.47. The molecular formula is C59H71F3N14O5. The normalized spacial score (nSPS) is 14.7. The second kappa shape index (κ2) is 29.7. The van der Waals surface area contributed by atoms with Crippen LogP contribution in [0.3, 0.4) is 0 Å². The van der Waals surface area contributed by atoms with Gasteiger partial charge in [-0.3, -0.25) is 39.2 Å². The second-order valence-corrected chi connectivity index (χ2v) is 20.0. The monoisotopic (exact) mass is 1110 g/mol. The molecule has 6 heterocycles. The van der Waals surface area contributed by atoms with Gasteiger partial charge < -0.3 is 41.7 Å². The van der Waals surface area contributed by atoms with Gasteiger partial charge in [-0.2, -0.15) is 0 Å². The number of piperidine rings is 1. The van der Waals surface area contributed by atoms with E-state index in [0.717, 1.165) is 43.0 Å². The average molecular weight is 1110 g/mol. The lowest BCUT2D eigenvalue weighted by molar-refractivity contribution is -0.131. The molecule has 3 aliphatic rings. The minimum Gasteiger partial charge on any atom is -0.340 e. The van der Waals surface area contributed by atoms with E-state index in [1.54, 1.807) is 121 Å². The van der Waals surface area contributed by atoms with E-state index >= 15 is 0 Å². The van der Waals surface area contributed by atoms with Crippen molar-refractivity contribution in [1.82, 2.24) is 39.5 Å². The Hall–Kier alpha value is -8.47. The zero-order valence-corrected chi connectivity index (χ0v) is 46.5. The molecule has 6 N–H and O–H groups in total. The first-order valence-corrected chi connectivity index (χ1v) is 27.0. The largest absolute Gasteiger partial charge is 0.340 e. The molecule has 3 fully saturated rings. The van der Waals surface area contributed by atoms with Crippen molar-refractivity contribution in [2.75, 3.05) is 97.3 Å². The number of hydrogen-bond acceptors (Lipinski definition) is 11. The number of benzene rings is 3. The van der Waals surface area contributed by atoms with Gasteiger partial charge in [0.2, 0.25) is 11.8 Å². The number of likely N-dealkylation sites (tertiary alicyclic amines) is 1. The number of nitrogens with one attached hydrogen (secondary N) is 6. The molecule has 8 amide bonds. The molecule has 0 aliphatic carbocycles. The molecule has 3 aliphatic heterocycles. The van der Waals surface area contributed by atoms with E-state index in [2.05, 4.69) is 61.6 Å². The summed E-state index contributed by atoms with van der Waals surface area (Å²) < 4.78 is 44.4. The van der Waals surface area contributed by atoms with E-state index in [9.17, 15) is 37.1 Å². The second-order valence-electron chi connectivity index (χ2n) is 20.0. The van der Waals surface area contributed by atoms with E-state index in [1.165, 1.54) is 18.6 Å². The summed E-state index contributed by atoms with van der Waals surface area (Å²) in [7, 11) is 0. The van der Waals surface area contributed by atoms with Crippen LogP contribution in [0.2, 0.25) is 0 Å². The van der Waals surface area contributed by atoms with Crippen LogP contribution in [-0.4, -0.2) is 135 Å². The lowest BCUT2D eigenvalue weighted by Gasteiger charge is -2.34. The third-order valence-corrected chi connectivity index (χ3v) is 13.7. The standard InChI is InChI=1S/2C20H24FN5O2.C19H23FN4O/c2*1-14-12-17(6-7-22-14)23-20(28)24-18-5-3-4-16(19(18)21)13-25-8-10-26(11-9-25)15(2)27;1-14-12-16(8-9-21-14)22-19(25)23-17-7-5-6-15(18(17)20)13-24-10-3-2-4-11-24/h2*3-7,12H,8-11,13H2,1-2H3,(H2,22,23,24,28);5-9,12H,2-4,10-11,13H2,1H3,(H2,21,22,23,25). The van der Waals surface area contributed by atoms with Crippen molar-refractivity contribution in [2.24, 2.45) is 0 Å². The number of piperazine rings is 2. The summed E-state index contributed by atoms with van der Waals surface area (Å²) in [6, 6.07) is 23.8. The molecule has 3 saturated heterocycles. The van der Waals surface area contributed by atoms with E-state index < -0.39 is 29.7 Å². The Bertz CT molecular complexity index is 2990. The fourth-order valence-electron chi connectivity index (χ4n) is 9.40. The Morgan fingerprint density at radius 1 is 0.407 bits per heavy atom. The van der Waals surface area contributed by atoms with Crippen LogP contribution in [0.15, 0.2) is 110 Å². The molecule has 0 spiro atoms. The number of rotatable bonds is 12. The summed E-state index contributed by atoms with van der Waals surface area (Å²) in [5.74, 6) is -1.14. The molecule has 3 aromatic heterocycles. The van der Waals surface area contributed by atoms with Crippen molar-refractivity contribution in [3.63, 3.8) is 0 Å². The van der Waals surface area contributed by atoms with Crippen molar-refractivity contribution in [3.05, 3.63) is 161 Å². The van der Waals surface area contributed by atoms with Crippen molar-refractivity contribution >= 4 is 64.0 Å². The molecule has 0 unspecified atom stereocenters. The molecule has 0 saturated carbocycles. The van der Waals surface area contributed by atoms with Gasteiger partial charge in [-0.1, -0.05) is 42.8 Å². The van der Waals surface area contributed by atoms with Crippen molar-refractivity contribution < 1.29 is 37.1 Å². The number of carbonyl (C=O) groups excluding carboxylic acids is 5. The van der Waals surface area contributed by atoms with Gasteiger partial charge in [0, 0.05) is 155 Å². The summed E-state index contributed by atoms with van der Waals surface area (Å²) in [4.78, 5) is 81.6. The predicted molar refractivity (Wildman–Crippen MR) is 308 cm³/mol. The van der Waals surface area contributed by atoms with Gasteiger partial charge in [-0.15, -0.1) is 0 Å². The maximum Gasteiger partial charge on any atom is 0.323 e. The highest BCUT2D eigenvalue weighted by Gasteiger charge is 2.23. The van der Waals surface area contributed by atoms with Crippen LogP contribution in [0.5, 0.6) is 0 Å². The van der Waals surface area contributed by atoms with Crippen LogP contribution in [0, 0.1) is 38.2 Å². The van der Waals surface area contributed by atoms with Gasteiger partial charge >= 0.3 is 18.1 Å². The van der Waals surface area contributed by atoms with Crippen LogP contribution < -0.4 is 31.9 Å². The molecule has 3 aromatic carbocycles. The number of urea groups is 3. The fourth-order valence-corrected chi connectivity index (χ4v) is 9.40. The van der Waals surface area contributed by atoms with Crippen molar-refractivity contribution in [2.45, 2.75) is 73.5 Å². The number of nitrogens with zero attached hydrogens (tertiary/aromatic N) is 8. The summed E-state index contributed by atoms with van der Waals surface area (Å²) >= 11 is 0. The molecule has 428 valence electrons. The van der Waals surface area contributed by atoms with E-state index in [0.29, 0.717) is 106 Å². The van der Waals surface area contributed by atoms with Crippen LogP contribution in [0.1, 0.15) is 66.9 Å². The molecule has 0 atom stereocenters. The number of aromatic nitrogens is 3. The molecule has 0 bridgehead atoms. The number of aryl methyl sites for hydroxylation is 3. The Balaban J connectivity index is 0.000000176. The quantitative estimate of drug-likeness (QED) is 0.0679. The summed E-state index contributed by atoms with van der Waals surface area (Å²) in [5, 5.41) is 15.7. The summed E-state index contributed by atoms with van der Waals surface area (Å²) in [5.41, 5.74) is 6.22. The third-order valence-electron chi connectivity index (χ3n) is 13.7. The third kappa shape index (κ3) is 18.8. The SMILES string of the molecule is CC(=O)N1CCN(Cc2cccc(NC(=O)Nc3ccnc(C)c3)c2F)CC1.CC(=O)N1CCN(Cc2cccc(NC(=O)Nc3ccnc(C)c3)c2F)CC1.Cc1cc(NC(=O)Nc2cccc(CN3CCCCC3)c2F)ccn1. The van der Waals surface area contributed by atoms with Gasteiger partial charge in [0.15, 0.2) is 17.5 Å². The highest BCUT2D eigenvalue weighted by molar-refractivity contribution is 6.01. The van der Waals surface area contributed by atoms with Crippen LogP contribution >= 0.6 is 0 Å². The lowest BCUT2D eigenvalue weighted by atomic mass is 10.1. The number of carbonyl (C=O) groups is 5. The predicted octanol–water partition coefficient (Wildman–Crippen LogP) is 9.83. The van der Waals surface area contributed by atoms with Crippen LogP contribution in [-0.2, 0) is 29.2 Å². The minimum absolute atomic E-state index is 0.0624. The van der Waals surface area contributed by atoms with Crippen molar-refractivity contribution in [3.8, 4) is 0 Å². The smallest absolute Gasteiger partial charge is 0.323 e. The first-order valence-electron chi connectivity index (χ1n) is 27.0. The van der Waals surface area contributed by atoms with Gasteiger partial charge in [0.05, 0.1) is 17.1 Å². The summed E-state index contributed by atoms with van der Waals surface area (Å²) in [6.45, 7) is 17.4. The first kappa shape index (κ1) is 60.2. The van der Waals surface area contributed by atoms with Gasteiger partial charge in [0.1, 0.15) is 0 Å². The molecule has 6 aromatic rings. The number of amides is 8. The molecule has 19 nitrogen and oxygen atoms in total. The molecule has 81 heavy (non-hydrogen) atoms. The number of halogens is 3. The van der Waals surface area contributed by atoms with Gasteiger partial charge in [-0.25, -0.2) is 27.6 Å². The number of anilines is 6. The van der Waals surface area contributed by atoms with Crippen LogP contribution in [0.4, 0.5) is 61.7 Å². The Kier molecular flexibility index (Phi) is 22.0. The topological polar surface area (TPSA) is 212 Å². The molecular weight excluding hydrogens is 1040 g/mol. The van der Waals surface area contributed by atoms with E-state index in [4.69, 9.17) is 0 Å². The Morgan fingerprint density at radius 2 is 0.704 bits per heavy atom. The average Bonchev–Trinajstić information content (AvgIpc) is 3.45. The highest BCUT2D eigenvalue weighted by Crippen LogP contribution is 2.25. The molecule has 22 heteroatoms. The van der Waals surface area contributed by atoms with E-state index in [1.807, 2.05) is 20.8 Å². The van der Waals surface area contributed by atoms with Gasteiger partial charge in [0.25, 0.3) is 0 Å². The zero-order chi connectivity index (χ0) is 57.8. The first-order chi connectivity index (χ1) is 39.0. The van der Waals surface area contributed by atoms with E-state index in [-0.39, 0.29) is 34.7 Å². The van der Waals surface area contributed by atoms with Crippen LogP contribution in [0.25, 0.3) is 0 Å². The summed E-state index contributed by atoms with van der Waals surface area (Å²) in [6.07, 6.45) is 8.37. The molecule has 9 rings (SSSR count). The van der Waals surface area contributed by atoms with Crippen molar-refractivity contribution in [1.29, 1.82) is 0 Å². The number of pyridine rings is 3. The van der Waals surface area contributed by atoms with Gasteiger partial charge in [-0.05, 0) is 101 Å². The maximum atomic E-state index is 14.9. The Labute approximate surface area is 470 Å². The Morgan fingerprint density at radius 3 is 0.988 bits per heavy atom. The zero-order valence-electron chi connectivity index (χ0n) is 46.5. The molecule has 0 radical (unpaired) electrons. The minimum atomic E-state index is -0.517.